The topological polar surface area (TPSA) is 56.5 Å². The SMILES string of the molecule is COC(OC)C(NN)c1ccc(-c2ccccc2)cc1. The number of hydrogen-bond acceptors (Lipinski definition) is 4. The molecule has 20 heavy (non-hydrogen) atoms. The molecule has 2 rings (SSSR count). The molecule has 0 saturated carbocycles. The average molecular weight is 272 g/mol. The summed E-state index contributed by atoms with van der Waals surface area (Å²) in [4.78, 5) is 0. The average Bonchev–Trinajstić information content (AvgIpc) is 2.53. The molecule has 1 unspecified atom stereocenters. The molecule has 4 nitrogen and oxygen atoms in total. The second kappa shape index (κ2) is 7.17. The Kier molecular flexibility index (Phi) is 5.26. The summed E-state index contributed by atoms with van der Waals surface area (Å²) < 4.78 is 10.5. The third kappa shape index (κ3) is 3.23. The molecule has 3 N–H and O–H groups in total. The van der Waals surface area contributed by atoms with Crippen LogP contribution in [0, 0.1) is 0 Å². The van der Waals surface area contributed by atoms with Crippen LogP contribution in [0.2, 0.25) is 0 Å². The minimum absolute atomic E-state index is 0.213. The summed E-state index contributed by atoms with van der Waals surface area (Å²) in [5.74, 6) is 5.60. The summed E-state index contributed by atoms with van der Waals surface area (Å²) in [6.07, 6.45) is -0.428. The van der Waals surface area contributed by atoms with Gasteiger partial charge in [0.2, 0.25) is 0 Å². The molecule has 0 heterocycles. The van der Waals surface area contributed by atoms with Crippen LogP contribution in [-0.4, -0.2) is 20.5 Å². The number of hydrazine groups is 1. The van der Waals surface area contributed by atoms with E-state index < -0.39 is 6.29 Å². The Morgan fingerprint density at radius 1 is 0.850 bits per heavy atom. The fourth-order valence-electron chi connectivity index (χ4n) is 2.21. The van der Waals surface area contributed by atoms with E-state index in [9.17, 15) is 0 Å². The van der Waals surface area contributed by atoms with Crippen LogP contribution in [0.5, 0.6) is 0 Å². The van der Waals surface area contributed by atoms with Gasteiger partial charge in [0.1, 0.15) is 0 Å². The van der Waals surface area contributed by atoms with Crippen molar-refractivity contribution in [3.63, 3.8) is 0 Å². The zero-order valence-corrected chi connectivity index (χ0v) is 11.7. The van der Waals surface area contributed by atoms with E-state index in [4.69, 9.17) is 15.3 Å². The maximum atomic E-state index is 5.60. The second-order valence-electron chi connectivity index (χ2n) is 4.47. The van der Waals surface area contributed by atoms with Gasteiger partial charge in [-0.05, 0) is 16.7 Å². The lowest BCUT2D eigenvalue weighted by molar-refractivity contribution is -0.124. The molecule has 0 aliphatic heterocycles. The first kappa shape index (κ1) is 14.7. The smallest absolute Gasteiger partial charge is 0.177 e. The van der Waals surface area contributed by atoms with Crippen LogP contribution < -0.4 is 11.3 Å². The minimum Gasteiger partial charge on any atom is -0.354 e. The lowest BCUT2D eigenvalue weighted by atomic mass is 10.0. The molecule has 0 aliphatic rings. The van der Waals surface area contributed by atoms with E-state index in [-0.39, 0.29) is 6.04 Å². The molecule has 0 radical (unpaired) electrons. The van der Waals surface area contributed by atoms with Crippen molar-refractivity contribution in [1.29, 1.82) is 0 Å². The van der Waals surface area contributed by atoms with Gasteiger partial charge in [-0.2, -0.15) is 0 Å². The number of ether oxygens (including phenoxy) is 2. The molecule has 1 atom stereocenters. The summed E-state index contributed by atoms with van der Waals surface area (Å²) in [6.45, 7) is 0. The van der Waals surface area contributed by atoms with Gasteiger partial charge in [0.05, 0.1) is 6.04 Å². The zero-order chi connectivity index (χ0) is 14.4. The van der Waals surface area contributed by atoms with E-state index in [0.717, 1.165) is 11.1 Å². The molecule has 0 saturated heterocycles. The van der Waals surface area contributed by atoms with E-state index in [2.05, 4.69) is 29.7 Å². The highest BCUT2D eigenvalue weighted by Crippen LogP contribution is 2.24. The molecule has 0 bridgehead atoms. The number of hydrogen-bond donors (Lipinski definition) is 2. The lowest BCUT2D eigenvalue weighted by Gasteiger charge is -2.24. The number of nitrogens with one attached hydrogen (secondary N) is 1. The molecular weight excluding hydrogens is 252 g/mol. The molecule has 0 aliphatic carbocycles. The summed E-state index contributed by atoms with van der Waals surface area (Å²) in [7, 11) is 3.19. The maximum Gasteiger partial charge on any atom is 0.177 e. The van der Waals surface area contributed by atoms with Crippen LogP contribution in [-0.2, 0) is 9.47 Å². The van der Waals surface area contributed by atoms with Crippen LogP contribution in [0.3, 0.4) is 0 Å². The maximum absolute atomic E-state index is 5.60. The van der Waals surface area contributed by atoms with Gasteiger partial charge in [-0.1, -0.05) is 54.6 Å². The van der Waals surface area contributed by atoms with Gasteiger partial charge in [-0.25, -0.2) is 5.43 Å². The van der Waals surface area contributed by atoms with E-state index in [1.54, 1.807) is 14.2 Å². The molecule has 0 spiro atoms. The molecule has 0 aromatic heterocycles. The number of nitrogens with two attached hydrogens (primary N) is 1. The first-order valence-corrected chi connectivity index (χ1v) is 6.47. The molecular formula is C16H20N2O2. The predicted octanol–water partition coefficient (Wildman–Crippen LogP) is 2.48. The van der Waals surface area contributed by atoms with Gasteiger partial charge in [-0.15, -0.1) is 0 Å². The molecule has 4 heteroatoms. The van der Waals surface area contributed by atoms with Crippen LogP contribution in [0.25, 0.3) is 11.1 Å². The normalized spacial score (nSPS) is 12.6. The quantitative estimate of drug-likeness (QED) is 0.482. The third-order valence-electron chi connectivity index (χ3n) is 3.29. The van der Waals surface area contributed by atoms with Gasteiger partial charge in [0.25, 0.3) is 0 Å². The highest BCUT2D eigenvalue weighted by atomic mass is 16.7. The summed E-state index contributed by atoms with van der Waals surface area (Å²) in [5.41, 5.74) is 6.09. The Balaban J connectivity index is 2.23. The van der Waals surface area contributed by atoms with Gasteiger partial charge >= 0.3 is 0 Å². The summed E-state index contributed by atoms with van der Waals surface area (Å²) in [5, 5.41) is 0. The fraction of sp³-hybridized carbons (Fsp3) is 0.250. The Morgan fingerprint density at radius 2 is 1.40 bits per heavy atom. The Labute approximate surface area is 119 Å². The molecule has 2 aromatic rings. The minimum atomic E-state index is -0.428. The van der Waals surface area contributed by atoms with Crippen molar-refractivity contribution < 1.29 is 9.47 Å². The standard InChI is InChI=1S/C16H20N2O2/c1-19-16(20-2)15(18-17)14-10-8-13(9-11-14)12-6-4-3-5-7-12/h3-11,15-16,18H,17H2,1-2H3. The highest BCUT2D eigenvalue weighted by molar-refractivity contribution is 5.63. The monoisotopic (exact) mass is 272 g/mol. The molecule has 0 fully saturated rings. The van der Waals surface area contributed by atoms with Crippen LogP contribution >= 0.6 is 0 Å². The highest BCUT2D eigenvalue weighted by Gasteiger charge is 2.21. The van der Waals surface area contributed by atoms with Crippen molar-refractivity contribution in [1.82, 2.24) is 5.43 Å². The van der Waals surface area contributed by atoms with Gasteiger partial charge in [0, 0.05) is 14.2 Å². The van der Waals surface area contributed by atoms with E-state index >= 15 is 0 Å². The Hall–Kier alpha value is -1.72. The fourth-order valence-corrected chi connectivity index (χ4v) is 2.21. The van der Waals surface area contributed by atoms with Crippen LogP contribution in [0.15, 0.2) is 54.6 Å². The number of methoxy groups -OCH3 is 2. The Bertz CT molecular complexity index is 510. The largest absolute Gasteiger partial charge is 0.354 e. The van der Waals surface area contributed by atoms with E-state index in [1.807, 2.05) is 30.3 Å². The van der Waals surface area contributed by atoms with E-state index in [1.165, 1.54) is 5.56 Å². The van der Waals surface area contributed by atoms with Crippen LogP contribution in [0.1, 0.15) is 11.6 Å². The van der Waals surface area contributed by atoms with Gasteiger partial charge in [-0.3, -0.25) is 5.84 Å². The number of benzene rings is 2. The summed E-state index contributed by atoms with van der Waals surface area (Å²) in [6, 6.07) is 18.2. The van der Waals surface area contributed by atoms with Crippen molar-refractivity contribution >= 4 is 0 Å². The van der Waals surface area contributed by atoms with E-state index in [0.29, 0.717) is 0 Å². The molecule has 0 amide bonds. The number of rotatable bonds is 6. The van der Waals surface area contributed by atoms with Crippen molar-refractivity contribution in [3.05, 3.63) is 60.2 Å². The summed E-state index contributed by atoms with van der Waals surface area (Å²) >= 11 is 0. The zero-order valence-electron chi connectivity index (χ0n) is 11.7. The van der Waals surface area contributed by atoms with Crippen molar-refractivity contribution in [2.24, 2.45) is 5.84 Å². The lowest BCUT2D eigenvalue weighted by Crippen LogP contribution is -2.38. The molecule has 2 aromatic carbocycles. The third-order valence-corrected chi connectivity index (χ3v) is 3.29. The second-order valence-corrected chi connectivity index (χ2v) is 4.47. The Morgan fingerprint density at radius 3 is 1.90 bits per heavy atom. The molecule has 106 valence electrons. The van der Waals surface area contributed by atoms with Gasteiger partial charge in [0.15, 0.2) is 6.29 Å². The van der Waals surface area contributed by atoms with Gasteiger partial charge < -0.3 is 9.47 Å². The van der Waals surface area contributed by atoms with Crippen molar-refractivity contribution in [2.75, 3.05) is 14.2 Å². The first-order valence-electron chi connectivity index (χ1n) is 6.47. The van der Waals surface area contributed by atoms with Crippen molar-refractivity contribution in [3.8, 4) is 11.1 Å². The predicted molar refractivity (Wildman–Crippen MR) is 79.7 cm³/mol. The van der Waals surface area contributed by atoms with Crippen molar-refractivity contribution in [2.45, 2.75) is 12.3 Å². The van der Waals surface area contributed by atoms with Crippen LogP contribution in [0.4, 0.5) is 0 Å². The first-order chi connectivity index (χ1) is 9.80.